The molecule has 1 fully saturated rings. The lowest BCUT2D eigenvalue weighted by atomic mass is 10.2. The van der Waals surface area contributed by atoms with Gasteiger partial charge in [0.1, 0.15) is 5.75 Å². The lowest BCUT2D eigenvalue weighted by Crippen LogP contribution is -2.46. The van der Waals surface area contributed by atoms with E-state index in [-0.39, 0.29) is 28.9 Å². The molecule has 7 nitrogen and oxygen atoms in total. The molecular weight excluding hydrogens is 334 g/mol. The minimum absolute atomic E-state index is 0.0234. The molecule has 0 saturated carbocycles. The van der Waals surface area contributed by atoms with Crippen LogP contribution in [0.5, 0.6) is 5.75 Å². The van der Waals surface area contributed by atoms with E-state index in [4.69, 9.17) is 4.74 Å². The SMILES string of the molecule is CCN(C(=O)[C@H](C)OC(=O)c1ccc(O)cc1)[C@H]1CCS(=O)(=O)C1. The second kappa shape index (κ2) is 7.21. The van der Waals surface area contributed by atoms with Gasteiger partial charge in [0, 0.05) is 12.6 Å². The Balaban J connectivity index is 2.02. The maximum Gasteiger partial charge on any atom is 0.338 e. The summed E-state index contributed by atoms with van der Waals surface area (Å²) in [7, 11) is -3.11. The van der Waals surface area contributed by atoms with Crippen LogP contribution in [0.4, 0.5) is 0 Å². The summed E-state index contributed by atoms with van der Waals surface area (Å²) in [5.41, 5.74) is 0.221. The van der Waals surface area contributed by atoms with E-state index >= 15 is 0 Å². The highest BCUT2D eigenvalue weighted by atomic mass is 32.2. The quantitative estimate of drug-likeness (QED) is 0.790. The number of carbonyl (C=O) groups excluding carboxylic acids is 2. The number of phenolic OH excluding ortho intramolecular Hbond substituents is 1. The summed E-state index contributed by atoms with van der Waals surface area (Å²) in [5.74, 6) is -1.04. The molecule has 24 heavy (non-hydrogen) atoms. The fourth-order valence-corrected chi connectivity index (χ4v) is 4.46. The van der Waals surface area contributed by atoms with Gasteiger partial charge < -0.3 is 14.7 Å². The molecule has 0 radical (unpaired) electrons. The molecule has 1 aromatic carbocycles. The molecule has 2 atom stereocenters. The molecule has 1 saturated heterocycles. The van der Waals surface area contributed by atoms with E-state index in [1.54, 1.807) is 6.92 Å². The minimum atomic E-state index is -3.11. The second-order valence-corrected chi connectivity index (χ2v) is 8.00. The molecule has 1 aliphatic heterocycles. The van der Waals surface area contributed by atoms with Crippen molar-refractivity contribution in [3.8, 4) is 5.75 Å². The van der Waals surface area contributed by atoms with Crippen molar-refractivity contribution in [2.75, 3.05) is 18.1 Å². The first kappa shape index (κ1) is 18.3. The molecule has 1 amide bonds. The Morgan fingerprint density at radius 2 is 1.96 bits per heavy atom. The molecule has 1 aromatic rings. The van der Waals surface area contributed by atoms with Crippen molar-refractivity contribution in [1.29, 1.82) is 0 Å². The zero-order valence-corrected chi connectivity index (χ0v) is 14.5. The van der Waals surface area contributed by atoms with Crippen LogP contribution in [-0.4, -0.2) is 60.5 Å². The normalized spacial score (nSPS) is 20.3. The fourth-order valence-electron chi connectivity index (χ4n) is 2.73. The Labute approximate surface area is 141 Å². The zero-order valence-electron chi connectivity index (χ0n) is 13.6. The predicted molar refractivity (Wildman–Crippen MR) is 87.4 cm³/mol. The number of benzene rings is 1. The van der Waals surface area contributed by atoms with E-state index in [9.17, 15) is 23.1 Å². The first-order valence-electron chi connectivity index (χ1n) is 7.74. The van der Waals surface area contributed by atoms with Gasteiger partial charge >= 0.3 is 5.97 Å². The van der Waals surface area contributed by atoms with Crippen LogP contribution in [0.15, 0.2) is 24.3 Å². The average molecular weight is 355 g/mol. The number of hydrogen-bond donors (Lipinski definition) is 1. The van der Waals surface area contributed by atoms with Gasteiger partial charge in [0.15, 0.2) is 15.9 Å². The van der Waals surface area contributed by atoms with E-state index in [1.807, 2.05) is 0 Å². The van der Waals surface area contributed by atoms with Gasteiger partial charge in [-0.1, -0.05) is 0 Å². The Morgan fingerprint density at radius 3 is 2.46 bits per heavy atom. The molecule has 1 N–H and O–H groups in total. The van der Waals surface area contributed by atoms with Crippen molar-refractivity contribution >= 4 is 21.7 Å². The first-order valence-corrected chi connectivity index (χ1v) is 9.56. The third kappa shape index (κ3) is 4.25. The number of amides is 1. The largest absolute Gasteiger partial charge is 0.508 e. The molecule has 0 aliphatic carbocycles. The van der Waals surface area contributed by atoms with Crippen molar-refractivity contribution in [2.45, 2.75) is 32.4 Å². The van der Waals surface area contributed by atoms with Gasteiger partial charge in [-0.25, -0.2) is 13.2 Å². The van der Waals surface area contributed by atoms with Gasteiger partial charge in [0.25, 0.3) is 5.91 Å². The van der Waals surface area contributed by atoms with E-state index in [1.165, 1.54) is 36.1 Å². The average Bonchev–Trinajstić information content (AvgIpc) is 2.88. The molecule has 132 valence electrons. The van der Waals surface area contributed by atoms with E-state index in [2.05, 4.69) is 0 Å². The van der Waals surface area contributed by atoms with E-state index in [0.717, 1.165) is 0 Å². The minimum Gasteiger partial charge on any atom is -0.508 e. The number of hydrogen-bond acceptors (Lipinski definition) is 6. The number of rotatable bonds is 5. The summed E-state index contributed by atoms with van der Waals surface area (Å²) < 4.78 is 28.4. The number of ether oxygens (including phenoxy) is 1. The highest BCUT2D eigenvalue weighted by Gasteiger charge is 2.36. The Kier molecular flexibility index (Phi) is 5.48. The highest BCUT2D eigenvalue weighted by molar-refractivity contribution is 7.91. The van der Waals surface area contributed by atoms with Crippen molar-refractivity contribution in [1.82, 2.24) is 4.90 Å². The number of sulfone groups is 1. The Hall–Kier alpha value is -2.09. The molecule has 0 spiro atoms. The van der Waals surface area contributed by atoms with Crippen molar-refractivity contribution in [3.63, 3.8) is 0 Å². The highest BCUT2D eigenvalue weighted by Crippen LogP contribution is 2.19. The second-order valence-electron chi connectivity index (χ2n) is 5.78. The number of likely N-dealkylation sites (N-methyl/N-ethyl adjacent to an activating group) is 1. The monoisotopic (exact) mass is 355 g/mol. The molecular formula is C16H21NO6S. The van der Waals surface area contributed by atoms with Crippen LogP contribution in [0.2, 0.25) is 0 Å². The summed E-state index contributed by atoms with van der Waals surface area (Å²) in [6.45, 7) is 3.57. The van der Waals surface area contributed by atoms with Crippen molar-refractivity contribution in [2.24, 2.45) is 0 Å². The summed E-state index contributed by atoms with van der Waals surface area (Å²) in [6.07, 6.45) is -0.616. The van der Waals surface area contributed by atoms with Crippen LogP contribution in [0.1, 0.15) is 30.6 Å². The lowest BCUT2D eigenvalue weighted by Gasteiger charge is -2.29. The molecule has 0 bridgehead atoms. The van der Waals surface area contributed by atoms with Gasteiger partial charge in [0.2, 0.25) is 0 Å². The summed E-state index contributed by atoms with van der Waals surface area (Å²) >= 11 is 0. The predicted octanol–water partition coefficient (Wildman–Crippen LogP) is 0.973. The summed E-state index contributed by atoms with van der Waals surface area (Å²) in [5, 5.41) is 9.21. The van der Waals surface area contributed by atoms with Crippen LogP contribution in [0.25, 0.3) is 0 Å². The Bertz CT molecular complexity index is 713. The number of aromatic hydroxyl groups is 1. The Morgan fingerprint density at radius 1 is 1.33 bits per heavy atom. The zero-order chi connectivity index (χ0) is 17.9. The third-order valence-corrected chi connectivity index (χ3v) is 5.76. The van der Waals surface area contributed by atoms with Crippen molar-refractivity contribution in [3.05, 3.63) is 29.8 Å². The van der Waals surface area contributed by atoms with Crippen LogP contribution in [-0.2, 0) is 19.4 Å². The topological polar surface area (TPSA) is 101 Å². The number of carbonyl (C=O) groups is 2. The third-order valence-electron chi connectivity index (χ3n) is 4.01. The molecule has 8 heteroatoms. The summed E-state index contributed by atoms with van der Waals surface area (Å²) in [6, 6.07) is 5.13. The first-order chi connectivity index (χ1) is 11.2. The smallest absolute Gasteiger partial charge is 0.338 e. The van der Waals surface area contributed by atoms with Gasteiger partial charge in [-0.05, 0) is 44.5 Å². The van der Waals surface area contributed by atoms with Crippen LogP contribution in [0.3, 0.4) is 0 Å². The van der Waals surface area contributed by atoms with Crippen LogP contribution < -0.4 is 0 Å². The van der Waals surface area contributed by atoms with E-state index in [0.29, 0.717) is 13.0 Å². The molecule has 0 unspecified atom stereocenters. The lowest BCUT2D eigenvalue weighted by molar-refractivity contribution is -0.141. The van der Waals surface area contributed by atoms with Crippen LogP contribution >= 0.6 is 0 Å². The maximum absolute atomic E-state index is 12.5. The number of esters is 1. The summed E-state index contributed by atoms with van der Waals surface area (Å²) in [4.78, 5) is 26.0. The fraction of sp³-hybridized carbons (Fsp3) is 0.500. The van der Waals surface area contributed by atoms with Gasteiger partial charge in [-0.2, -0.15) is 0 Å². The van der Waals surface area contributed by atoms with E-state index < -0.39 is 27.8 Å². The molecule has 1 aliphatic rings. The molecule has 2 rings (SSSR count). The van der Waals surface area contributed by atoms with Crippen LogP contribution in [0, 0.1) is 0 Å². The maximum atomic E-state index is 12.5. The standard InChI is InChI=1S/C16H21NO6S/c1-3-17(13-8-9-24(21,22)10-13)15(19)11(2)23-16(20)12-4-6-14(18)7-5-12/h4-7,11,13,18H,3,8-10H2,1-2H3/t11-,13-/m0/s1. The number of nitrogens with zero attached hydrogens (tertiary/aromatic N) is 1. The van der Waals surface area contributed by atoms with Gasteiger partial charge in [-0.3, -0.25) is 4.79 Å². The van der Waals surface area contributed by atoms with Gasteiger partial charge in [-0.15, -0.1) is 0 Å². The molecule has 1 heterocycles. The molecule has 0 aromatic heterocycles. The number of phenols is 1. The van der Waals surface area contributed by atoms with Gasteiger partial charge in [0.05, 0.1) is 17.1 Å². The van der Waals surface area contributed by atoms with Crippen molar-refractivity contribution < 1.29 is 27.9 Å².